The molecule has 0 spiro atoms. The summed E-state index contributed by atoms with van der Waals surface area (Å²) in [7, 11) is 4.14. The van der Waals surface area contributed by atoms with E-state index in [-0.39, 0.29) is 0 Å². The Bertz CT molecular complexity index is 546. The van der Waals surface area contributed by atoms with Gasteiger partial charge in [0.2, 0.25) is 0 Å². The number of aromatic nitrogens is 3. The fraction of sp³-hybridized carbons (Fsp3) is 0.571. The maximum Gasteiger partial charge on any atom is 0.147 e. The normalized spacial score (nSPS) is 16.4. The number of hydrogen-bond acceptors (Lipinski definition) is 5. The molecule has 0 aromatic carbocycles. The van der Waals surface area contributed by atoms with Crippen molar-refractivity contribution in [3.05, 3.63) is 34.0 Å². The third kappa shape index (κ3) is 3.08. The molecule has 108 valence electrons. The highest BCUT2D eigenvalue weighted by Crippen LogP contribution is 2.15. The zero-order chi connectivity index (χ0) is 13.9. The van der Waals surface area contributed by atoms with Crippen molar-refractivity contribution in [1.29, 1.82) is 0 Å². The van der Waals surface area contributed by atoms with Crippen LogP contribution < -0.4 is 0 Å². The number of thiophene rings is 1. The summed E-state index contributed by atoms with van der Waals surface area (Å²) < 4.78 is 2.30. The molecule has 0 radical (unpaired) electrons. The summed E-state index contributed by atoms with van der Waals surface area (Å²) in [5.41, 5.74) is 0. The van der Waals surface area contributed by atoms with E-state index in [1.165, 1.54) is 4.88 Å². The van der Waals surface area contributed by atoms with E-state index >= 15 is 0 Å². The van der Waals surface area contributed by atoms with Crippen LogP contribution in [0.2, 0.25) is 0 Å². The molecule has 5 nitrogen and oxygen atoms in total. The lowest BCUT2D eigenvalue weighted by molar-refractivity contribution is 0.271. The van der Waals surface area contributed by atoms with E-state index < -0.39 is 0 Å². The largest absolute Gasteiger partial charge is 0.313 e. The van der Waals surface area contributed by atoms with Crippen molar-refractivity contribution in [2.75, 3.05) is 27.2 Å². The Kier molecular flexibility index (Phi) is 4.14. The summed E-state index contributed by atoms with van der Waals surface area (Å²) in [5.74, 6) is 2.22. The van der Waals surface area contributed by atoms with Gasteiger partial charge in [-0.15, -0.1) is 21.5 Å². The summed E-state index contributed by atoms with van der Waals surface area (Å²) in [6.07, 6.45) is 0.992. The molecule has 0 bridgehead atoms. The van der Waals surface area contributed by atoms with E-state index in [0.29, 0.717) is 0 Å². The number of fused-ring (bicyclic) bond motifs is 1. The molecule has 0 aliphatic carbocycles. The third-order valence-electron chi connectivity index (χ3n) is 3.61. The lowest BCUT2D eigenvalue weighted by Crippen LogP contribution is -2.26. The maximum atomic E-state index is 4.36. The average Bonchev–Trinajstić information content (AvgIpc) is 2.98. The molecular weight excluding hydrogens is 270 g/mol. The first-order valence-corrected chi connectivity index (χ1v) is 7.91. The lowest BCUT2D eigenvalue weighted by Gasteiger charge is -2.18. The van der Waals surface area contributed by atoms with Crippen LogP contribution in [0.15, 0.2) is 17.5 Å². The van der Waals surface area contributed by atoms with Gasteiger partial charge in [0.1, 0.15) is 11.6 Å². The van der Waals surface area contributed by atoms with Gasteiger partial charge in [0.15, 0.2) is 0 Å². The molecule has 0 unspecified atom stereocenters. The van der Waals surface area contributed by atoms with Crippen molar-refractivity contribution in [3.63, 3.8) is 0 Å². The molecule has 3 rings (SSSR count). The van der Waals surface area contributed by atoms with E-state index in [4.69, 9.17) is 0 Å². The molecule has 1 aliphatic heterocycles. The Morgan fingerprint density at radius 1 is 1.25 bits per heavy atom. The van der Waals surface area contributed by atoms with Crippen LogP contribution in [0.4, 0.5) is 0 Å². The van der Waals surface area contributed by atoms with E-state index in [1.807, 2.05) is 11.3 Å². The second-order valence-electron chi connectivity index (χ2n) is 5.53. The Balaban J connectivity index is 1.67. The third-order valence-corrected chi connectivity index (χ3v) is 4.47. The molecule has 0 saturated carbocycles. The van der Waals surface area contributed by atoms with Crippen LogP contribution >= 0.6 is 11.3 Å². The van der Waals surface area contributed by atoms with Crippen LogP contribution in [0, 0.1) is 0 Å². The molecule has 0 N–H and O–H groups in total. The Morgan fingerprint density at radius 2 is 2.15 bits per heavy atom. The maximum absolute atomic E-state index is 4.36. The highest BCUT2D eigenvalue weighted by Gasteiger charge is 2.19. The molecule has 0 atom stereocenters. The van der Waals surface area contributed by atoms with Crippen LogP contribution in [-0.2, 0) is 26.1 Å². The van der Waals surface area contributed by atoms with Crippen LogP contribution in [0.25, 0.3) is 0 Å². The van der Waals surface area contributed by atoms with E-state index in [9.17, 15) is 0 Å². The van der Waals surface area contributed by atoms with Gasteiger partial charge in [-0.2, -0.15) is 0 Å². The second-order valence-corrected chi connectivity index (χ2v) is 6.56. The second kappa shape index (κ2) is 6.03. The molecular formula is C14H21N5S. The van der Waals surface area contributed by atoms with Gasteiger partial charge < -0.3 is 9.47 Å². The first-order valence-electron chi connectivity index (χ1n) is 7.03. The molecule has 0 saturated heterocycles. The van der Waals surface area contributed by atoms with Crippen LogP contribution in [-0.4, -0.2) is 51.7 Å². The van der Waals surface area contributed by atoms with Crippen molar-refractivity contribution < 1.29 is 0 Å². The fourth-order valence-corrected chi connectivity index (χ4v) is 3.35. The summed E-state index contributed by atoms with van der Waals surface area (Å²) >= 11 is 1.84. The minimum Gasteiger partial charge on any atom is -0.313 e. The van der Waals surface area contributed by atoms with E-state index in [1.54, 1.807) is 0 Å². The minimum atomic E-state index is 0.859. The molecule has 20 heavy (non-hydrogen) atoms. The van der Waals surface area contributed by atoms with Gasteiger partial charge in [-0.05, 0) is 25.5 Å². The van der Waals surface area contributed by atoms with Crippen molar-refractivity contribution in [1.82, 2.24) is 24.6 Å². The predicted octanol–water partition coefficient (Wildman–Crippen LogP) is 1.46. The Hall–Kier alpha value is -1.24. The van der Waals surface area contributed by atoms with Crippen molar-refractivity contribution in [3.8, 4) is 0 Å². The molecule has 1 aliphatic rings. The van der Waals surface area contributed by atoms with Gasteiger partial charge in [0.25, 0.3) is 0 Å². The zero-order valence-corrected chi connectivity index (χ0v) is 12.9. The van der Waals surface area contributed by atoms with Crippen LogP contribution in [0.3, 0.4) is 0 Å². The van der Waals surface area contributed by atoms with Crippen LogP contribution in [0.1, 0.15) is 16.5 Å². The smallest absolute Gasteiger partial charge is 0.147 e. The molecule has 0 amide bonds. The average molecular weight is 291 g/mol. The fourth-order valence-electron chi connectivity index (χ4n) is 2.61. The highest BCUT2D eigenvalue weighted by atomic mass is 32.1. The van der Waals surface area contributed by atoms with Gasteiger partial charge in [0.05, 0.1) is 6.54 Å². The Morgan fingerprint density at radius 3 is 2.90 bits per heavy atom. The molecule has 6 heteroatoms. The van der Waals surface area contributed by atoms with Gasteiger partial charge >= 0.3 is 0 Å². The molecule has 3 heterocycles. The SMILES string of the molecule is CN(C)Cc1nnc2n1CCN(Cc1cccs1)CC2. The first kappa shape index (κ1) is 13.7. The standard InChI is InChI=1S/C14H21N5S/c1-17(2)11-14-16-15-13-5-6-18(7-8-19(13)14)10-12-4-3-9-20-12/h3-4,9H,5-8,10-11H2,1-2H3. The van der Waals surface area contributed by atoms with Crippen molar-refractivity contribution in [2.45, 2.75) is 26.1 Å². The summed E-state index contributed by atoms with van der Waals surface area (Å²) in [5, 5.41) is 10.8. The van der Waals surface area contributed by atoms with Crippen molar-refractivity contribution in [2.24, 2.45) is 0 Å². The van der Waals surface area contributed by atoms with Gasteiger partial charge in [0, 0.05) is 37.5 Å². The zero-order valence-electron chi connectivity index (χ0n) is 12.1. The topological polar surface area (TPSA) is 37.2 Å². The number of rotatable bonds is 4. The summed E-state index contributed by atoms with van der Waals surface area (Å²) in [6.45, 7) is 5.05. The lowest BCUT2D eigenvalue weighted by atomic mass is 10.3. The van der Waals surface area contributed by atoms with Gasteiger partial charge in [-0.3, -0.25) is 4.90 Å². The van der Waals surface area contributed by atoms with Gasteiger partial charge in [-0.25, -0.2) is 0 Å². The van der Waals surface area contributed by atoms with Crippen molar-refractivity contribution >= 4 is 11.3 Å². The molecule has 2 aromatic rings. The predicted molar refractivity (Wildman–Crippen MR) is 80.7 cm³/mol. The number of hydrogen-bond donors (Lipinski definition) is 0. The summed E-state index contributed by atoms with van der Waals surface area (Å²) in [4.78, 5) is 6.10. The monoisotopic (exact) mass is 291 g/mol. The molecule has 2 aromatic heterocycles. The molecule has 0 fully saturated rings. The summed E-state index contributed by atoms with van der Waals surface area (Å²) in [6, 6.07) is 4.34. The minimum absolute atomic E-state index is 0.859. The highest BCUT2D eigenvalue weighted by molar-refractivity contribution is 7.09. The van der Waals surface area contributed by atoms with Gasteiger partial charge in [-0.1, -0.05) is 6.07 Å². The van der Waals surface area contributed by atoms with E-state index in [0.717, 1.165) is 50.8 Å². The van der Waals surface area contributed by atoms with Crippen LogP contribution in [0.5, 0.6) is 0 Å². The quantitative estimate of drug-likeness (QED) is 0.855. The number of nitrogens with zero attached hydrogens (tertiary/aromatic N) is 5. The Labute approximate surface area is 123 Å². The van der Waals surface area contributed by atoms with E-state index in [2.05, 4.69) is 56.2 Å². The first-order chi connectivity index (χ1) is 9.72.